The molecule has 0 aliphatic rings. The lowest BCUT2D eigenvalue weighted by Gasteiger charge is -2.20. The third kappa shape index (κ3) is 5.31. The summed E-state index contributed by atoms with van der Waals surface area (Å²) in [7, 11) is 0. The van der Waals surface area contributed by atoms with Crippen molar-refractivity contribution in [2.24, 2.45) is 0 Å². The van der Waals surface area contributed by atoms with Gasteiger partial charge in [0.25, 0.3) is 5.91 Å². The van der Waals surface area contributed by atoms with E-state index in [0.717, 1.165) is 33.3 Å². The highest BCUT2D eigenvalue weighted by Crippen LogP contribution is 2.33. The molecule has 0 fully saturated rings. The Morgan fingerprint density at radius 1 is 0.882 bits per heavy atom. The van der Waals surface area contributed by atoms with Crippen LogP contribution in [0.1, 0.15) is 42.4 Å². The fourth-order valence-corrected chi connectivity index (χ4v) is 4.04. The Balaban J connectivity index is 1.64. The minimum Gasteiger partial charge on any atom is -0.347 e. The first-order valence-corrected chi connectivity index (χ1v) is 11.4. The number of benzene rings is 3. The van der Waals surface area contributed by atoms with E-state index < -0.39 is 0 Å². The number of aryl methyl sites for hydroxylation is 1. The van der Waals surface area contributed by atoms with E-state index in [-0.39, 0.29) is 23.8 Å². The van der Waals surface area contributed by atoms with E-state index in [4.69, 9.17) is 4.98 Å². The Morgan fingerprint density at radius 3 is 2.32 bits per heavy atom. The van der Waals surface area contributed by atoms with Gasteiger partial charge in [-0.3, -0.25) is 14.6 Å². The topological polar surface area (TPSA) is 71.1 Å². The van der Waals surface area contributed by atoms with Crippen molar-refractivity contribution in [2.45, 2.75) is 39.7 Å². The molecule has 0 atom stereocenters. The predicted molar refractivity (Wildman–Crippen MR) is 138 cm³/mol. The Kier molecular flexibility index (Phi) is 6.46. The van der Waals surface area contributed by atoms with E-state index in [1.165, 1.54) is 0 Å². The lowest BCUT2D eigenvalue weighted by molar-refractivity contribution is -0.115. The normalized spacial score (nSPS) is 11.3. The fraction of sp³-hybridized carbons (Fsp3) is 0.207. The molecule has 0 radical (unpaired) electrons. The Morgan fingerprint density at radius 2 is 1.59 bits per heavy atom. The van der Waals surface area contributed by atoms with E-state index in [1.54, 1.807) is 24.3 Å². The second-order valence-corrected chi connectivity index (χ2v) is 9.44. The number of pyridine rings is 1. The van der Waals surface area contributed by atoms with Crippen LogP contribution in [0.3, 0.4) is 0 Å². The Bertz CT molecular complexity index is 1360. The number of nitrogens with one attached hydrogen (secondary N) is 2. The first-order valence-electron chi connectivity index (χ1n) is 11.4. The van der Waals surface area contributed by atoms with Crippen LogP contribution in [0.15, 0.2) is 78.9 Å². The van der Waals surface area contributed by atoms with Crippen molar-refractivity contribution in [1.82, 2.24) is 10.3 Å². The van der Waals surface area contributed by atoms with Gasteiger partial charge in [0, 0.05) is 27.9 Å². The minimum absolute atomic E-state index is 0.161. The minimum atomic E-state index is -0.342. The first kappa shape index (κ1) is 23.2. The Labute approximate surface area is 200 Å². The highest BCUT2D eigenvalue weighted by Gasteiger charge is 2.18. The van der Waals surface area contributed by atoms with Gasteiger partial charge >= 0.3 is 0 Å². The molecule has 0 saturated carbocycles. The number of aromatic nitrogens is 1. The maximum Gasteiger partial charge on any atom is 0.251 e. The van der Waals surface area contributed by atoms with Crippen molar-refractivity contribution in [3.05, 3.63) is 95.7 Å². The summed E-state index contributed by atoms with van der Waals surface area (Å²) in [5, 5.41) is 6.92. The van der Waals surface area contributed by atoms with E-state index in [2.05, 4.69) is 22.8 Å². The number of para-hydroxylation sites is 1. The molecule has 0 bridgehead atoms. The molecule has 2 N–H and O–H groups in total. The molecule has 4 rings (SSSR count). The number of hydrogen-bond acceptors (Lipinski definition) is 3. The van der Waals surface area contributed by atoms with Gasteiger partial charge in [-0.1, -0.05) is 54.6 Å². The number of nitrogens with zero attached hydrogens (tertiary/aromatic N) is 1. The molecule has 172 valence electrons. The number of hydrogen-bond donors (Lipinski definition) is 2. The second kappa shape index (κ2) is 9.48. The smallest absolute Gasteiger partial charge is 0.251 e. The van der Waals surface area contributed by atoms with Crippen molar-refractivity contribution in [3.63, 3.8) is 0 Å². The van der Waals surface area contributed by atoms with Crippen molar-refractivity contribution < 1.29 is 9.59 Å². The standard InChI is InChI=1S/C29H29N3O2/c1-19-24(27(20-11-6-5-7-12-20)23-15-8-9-16-25(23)30-19)18-26(33)31-22-14-10-13-21(17-22)28(34)32-29(2,3)4/h5-17H,18H2,1-4H3,(H,31,33)(H,32,34). The van der Waals surface area contributed by atoms with Crippen molar-refractivity contribution in [3.8, 4) is 11.1 Å². The molecule has 4 aromatic rings. The van der Waals surface area contributed by atoms with Crippen molar-refractivity contribution in [1.29, 1.82) is 0 Å². The molecule has 1 heterocycles. The van der Waals surface area contributed by atoms with Gasteiger partial charge in [-0.25, -0.2) is 0 Å². The number of fused-ring (bicyclic) bond motifs is 1. The zero-order chi connectivity index (χ0) is 24.3. The maximum atomic E-state index is 13.1. The lowest BCUT2D eigenvalue weighted by atomic mass is 9.92. The van der Waals surface area contributed by atoms with Gasteiger partial charge in [0.2, 0.25) is 5.91 Å². The molecule has 0 unspecified atom stereocenters. The second-order valence-electron chi connectivity index (χ2n) is 9.44. The number of anilines is 1. The van der Waals surface area contributed by atoms with Crippen LogP contribution in [0, 0.1) is 6.92 Å². The van der Waals surface area contributed by atoms with E-state index in [1.807, 2.05) is 70.2 Å². The van der Waals surface area contributed by atoms with E-state index >= 15 is 0 Å². The quantitative estimate of drug-likeness (QED) is 0.396. The number of carbonyl (C=O) groups is 2. The van der Waals surface area contributed by atoms with Crippen molar-refractivity contribution >= 4 is 28.4 Å². The zero-order valence-corrected chi connectivity index (χ0v) is 20.0. The van der Waals surface area contributed by atoms with Crippen LogP contribution >= 0.6 is 0 Å². The summed E-state index contributed by atoms with van der Waals surface area (Å²) in [4.78, 5) is 30.4. The molecule has 34 heavy (non-hydrogen) atoms. The summed E-state index contributed by atoms with van der Waals surface area (Å²) in [5.74, 6) is -0.338. The molecular weight excluding hydrogens is 422 g/mol. The highest BCUT2D eigenvalue weighted by atomic mass is 16.2. The molecular formula is C29H29N3O2. The summed E-state index contributed by atoms with van der Waals surface area (Å²) < 4.78 is 0. The van der Waals surface area contributed by atoms with Gasteiger partial charge < -0.3 is 10.6 Å². The van der Waals surface area contributed by atoms with Crippen LogP contribution < -0.4 is 10.6 Å². The van der Waals surface area contributed by atoms with Gasteiger partial charge in [0.1, 0.15) is 0 Å². The highest BCUT2D eigenvalue weighted by molar-refractivity contribution is 6.01. The third-order valence-corrected chi connectivity index (χ3v) is 5.50. The van der Waals surface area contributed by atoms with Crippen LogP contribution in [0.25, 0.3) is 22.0 Å². The number of amides is 2. The number of rotatable bonds is 5. The van der Waals surface area contributed by atoms with Gasteiger partial charge in [-0.15, -0.1) is 0 Å². The predicted octanol–water partition coefficient (Wildman–Crippen LogP) is 5.92. The van der Waals surface area contributed by atoms with Gasteiger partial charge in [0.05, 0.1) is 11.9 Å². The molecule has 0 spiro atoms. The summed E-state index contributed by atoms with van der Waals surface area (Å²) in [6.07, 6.45) is 0.173. The van der Waals surface area contributed by atoms with Crippen LogP contribution in [-0.2, 0) is 11.2 Å². The molecule has 2 amide bonds. The van der Waals surface area contributed by atoms with Crippen LogP contribution in [0.2, 0.25) is 0 Å². The summed E-state index contributed by atoms with van der Waals surface area (Å²) >= 11 is 0. The SMILES string of the molecule is Cc1nc2ccccc2c(-c2ccccc2)c1CC(=O)Nc1cccc(C(=O)NC(C)(C)C)c1. The molecule has 1 aromatic heterocycles. The summed E-state index contributed by atoms with van der Waals surface area (Å²) in [5.41, 5.74) is 5.44. The zero-order valence-electron chi connectivity index (χ0n) is 20.0. The first-order chi connectivity index (χ1) is 16.2. The van der Waals surface area contributed by atoms with Gasteiger partial charge in [-0.05, 0) is 68.7 Å². The molecule has 0 aliphatic carbocycles. The molecule has 5 nitrogen and oxygen atoms in total. The molecule has 3 aromatic carbocycles. The molecule has 5 heteroatoms. The van der Waals surface area contributed by atoms with Gasteiger partial charge in [0.15, 0.2) is 0 Å². The van der Waals surface area contributed by atoms with Gasteiger partial charge in [-0.2, -0.15) is 0 Å². The maximum absolute atomic E-state index is 13.1. The fourth-order valence-electron chi connectivity index (χ4n) is 4.04. The van der Waals surface area contributed by atoms with Crippen LogP contribution in [0.4, 0.5) is 5.69 Å². The average Bonchev–Trinajstić information content (AvgIpc) is 2.79. The summed E-state index contributed by atoms with van der Waals surface area (Å²) in [6.45, 7) is 7.74. The monoisotopic (exact) mass is 451 g/mol. The van der Waals surface area contributed by atoms with Crippen LogP contribution in [0.5, 0.6) is 0 Å². The summed E-state index contributed by atoms with van der Waals surface area (Å²) in [6, 6.07) is 25.1. The van der Waals surface area contributed by atoms with E-state index in [0.29, 0.717) is 11.3 Å². The molecule has 0 aliphatic heterocycles. The third-order valence-electron chi connectivity index (χ3n) is 5.50. The lowest BCUT2D eigenvalue weighted by Crippen LogP contribution is -2.40. The van der Waals surface area contributed by atoms with Crippen LogP contribution in [-0.4, -0.2) is 22.3 Å². The largest absolute Gasteiger partial charge is 0.347 e. The number of carbonyl (C=O) groups excluding carboxylic acids is 2. The molecule has 0 saturated heterocycles. The Hall–Kier alpha value is -3.99. The van der Waals surface area contributed by atoms with E-state index in [9.17, 15) is 9.59 Å². The van der Waals surface area contributed by atoms with Crippen molar-refractivity contribution in [2.75, 3.05) is 5.32 Å². The average molecular weight is 452 g/mol.